The lowest BCUT2D eigenvalue weighted by molar-refractivity contribution is 0.115. The maximum Gasteiger partial charge on any atom is 0.0551 e. The summed E-state index contributed by atoms with van der Waals surface area (Å²) in [7, 11) is 0. The maximum absolute atomic E-state index is 5.72. The van der Waals surface area contributed by atoms with Crippen molar-refractivity contribution in [2.75, 3.05) is 13.2 Å². The monoisotopic (exact) mass is 248 g/mol. The SMILES string of the molecule is CCNC(C1COC(C)C1)C(C)c1ccccn1. The van der Waals surface area contributed by atoms with Crippen molar-refractivity contribution < 1.29 is 4.74 Å². The third kappa shape index (κ3) is 3.09. The van der Waals surface area contributed by atoms with Crippen molar-refractivity contribution in [1.82, 2.24) is 10.3 Å². The molecule has 1 saturated heterocycles. The molecule has 2 rings (SSSR count). The fraction of sp³-hybridized carbons (Fsp3) is 0.667. The number of likely N-dealkylation sites (N-methyl/N-ethyl adjacent to an activating group) is 1. The zero-order valence-corrected chi connectivity index (χ0v) is 11.6. The summed E-state index contributed by atoms with van der Waals surface area (Å²) in [5, 5.41) is 3.62. The minimum Gasteiger partial charge on any atom is -0.378 e. The normalized spacial score (nSPS) is 27.1. The third-order valence-corrected chi connectivity index (χ3v) is 3.87. The molecule has 4 unspecified atom stereocenters. The molecule has 0 amide bonds. The summed E-state index contributed by atoms with van der Waals surface area (Å²) >= 11 is 0. The molecular formula is C15H24N2O. The topological polar surface area (TPSA) is 34.1 Å². The highest BCUT2D eigenvalue weighted by Crippen LogP contribution is 2.30. The summed E-state index contributed by atoms with van der Waals surface area (Å²) in [5.41, 5.74) is 1.17. The second-order valence-corrected chi connectivity index (χ2v) is 5.27. The van der Waals surface area contributed by atoms with Gasteiger partial charge in [-0.3, -0.25) is 4.98 Å². The van der Waals surface area contributed by atoms with Gasteiger partial charge in [0.05, 0.1) is 12.7 Å². The van der Waals surface area contributed by atoms with Gasteiger partial charge in [-0.1, -0.05) is 19.9 Å². The minimum atomic E-state index is 0.395. The first-order valence-electron chi connectivity index (χ1n) is 6.98. The molecule has 1 aromatic rings. The van der Waals surface area contributed by atoms with Crippen LogP contribution in [-0.2, 0) is 4.74 Å². The average molecular weight is 248 g/mol. The minimum absolute atomic E-state index is 0.395. The molecule has 1 N–H and O–H groups in total. The Morgan fingerprint density at radius 1 is 1.50 bits per heavy atom. The van der Waals surface area contributed by atoms with E-state index in [1.54, 1.807) is 0 Å². The van der Waals surface area contributed by atoms with Crippen LogP contribution in [0.5, 0.6) is 0 Å². The second kappa shape index (κ2) is 6.30. The summed E-state index contributed by atoms with van der Waals surface area (Å²) in [6.45, 7) is 8.45. The summed E-state index contributed by atoms with van der Waals surface area (Å²) < 4.78 is 5.72. The predicted octanol–water partition coefficient (Wildman–Crippen LogP) is 2.59. The summed E-state index contributed by atoms with van der Waals surface area (Å²) in [4.78, 5) is 4.49. The van der Waals surface area contributed by atoms with E-state index in [1.807, 2.05) is 12.3 Å². The quantitative estimate of drug-likeness (QED) is 0.869. The van der Waals surface area contributed by atoms with Crippen molar-refractivity contribution in [3.63, 3.8) is 0 Å². The molecule has 1 fully saturated rings. The van der Waals surface area contributed by atoms with Gasteiger partial charge in [-0.2, -0.15) is 0 Å². The first-order chi connectivity index (χ1) is 8.72. The molecule has 1 aliphatic rings. The van der Waals surface area contributed by atoms with E-state index in [-0.39, 0.29) is 0 Å². The Labute approximate surface area is 110 Å². The smallest absolute Gasteiger partial charge is 0.0551 e. The van der Waals surface area contributed by atoms with Crippen LogP contribution < -0.4 is 5.32 Å². The van der Waals surface area contributed by atoms with Crippen molar-refractivity contribution in [3.05, 3.63) is 30.1 Å². The van der Waals surface area contributed by atoms with Gasteiger partial charge in [-0.05, 0) is 32.0 Å². The van der Waals surface area contributed by atoms with E-state index in [1.165, 1.54) is 5.69 Å². The van der Waals surface area contributed by atoms with Gasteiger partial charge >= 0.3 is 0 Å². The largest absolute Gasteiger partial charge is 0.378 e. The third-order valence-electron chi connectivity index (χ3n) is 3.87. The number of nitrogens with zero attached hydrogens (tertiary/aromatic N) is 1. The van der Waals surface area contributed by atoms with Gasteiger partial charge in [0.2, 0.25) is 0 Å². The molecule has 0 aliphatic carbocycles. The highest BCUT2D eigenvalue weighted by Gasteiger charge is 2.33. The first-order valence-corrected chi connectivity index (χ1v) is 6.98. The average Bonchev–Trinajstić information content (AvgIpc) is 2.82. The van der Waals surface area contributed by atoms with Crippen LogP contribution in [-0.4, -0.2) is 30.3 Å². The van der Waals surface area contributed by atoms with Gasteiger partial charge in [-0.25, -0.2) is 0 Å². The molecule has 0 spiro atoms. The fourth-order valence-electron chi connectivity index (χ4n) is 2.92. The van der Waals surface area contributed by atoms with Gasteiger partial charge in [0, 0.05) is 29.8 Å². The maximum atomic E-state index is 5.72. The van der Waals surface area contributed by atoms with Crippen LogP contribution in [0.1, 0.15) is 38.8 Å². The molecule has 0 radical (unpaired) electrons. The molecule has 0 bridgehead atoms. The molecule has 18 heavy (non-hydrogen) atoms. The van der Waals surface area contributed by atoms with Crippen LogP contribution in [0.3, 0.4) is 0 Å². The molecule has 1 aromatic heterocycles. The molecule has 4 atom stereocenters. The van der Waals surface area contributed by atoms with E-state index in [2.05, 4.69) is 43.2 Å². The van der Waals surface area contributed by atoms with E-state index >= 15 is 0 Å². The van der Waals surface area contributed by atoms with Gasteiger partial charge in [0.25, 0.3) is 0 Å². The standard InChI is InChI=1S/C15H24N2O/c1-4-16-15(13-9-11(2)18-10-13)12(3)14-7-5-6-8-17-14/h5-8,11-13,15-16H,4,9-10H2,1-3H3. The van der Waals surface area contributed by atoms with Gasteiger partial charge in [-0.15, -0.1) is 0 Å². The number of hydrogen-bond acceptors (Lipinski definition) is 3. The van der Waals surface area contributed by atoms with Crippen LogP contribution in [0.15, 0.2) is 24.4 Å². The number of ether oxygens (including phenoxy) is 1. The van der Waals surface area contributed by atoms with Crippen molar-refractivity contribution in [1.29, 1.82) is 0 Å². The number of nitrogens with one attached hydrogen (secondary N) is 1. The molecule has 1 aliphatic heterocycles. The van der Waals surface area contributed by atoms with Crippen LogP contribution in [0, 0.1) is 5.92 Å². The van der Waals surface area contributed by atoms with Crippen molar-refractivity contribution in [3.8, 4) is 0 Å². The summed E-state index contributed by atoms with van der Waals surface area (Å²) in [6.07, 6.45) is 3.42. The van der Waals surface area contributed by atoms with Crippen LogP contribution in [0.25, 0.3) is 0 Å². The molecule has 0 saturated carbocycles. The van der Waals surface area contributed by atoms with Crippen molar-refractivity contribution in [2.45, 2.75) is 45.3 Å². The Hall–Kier alpha value is -0.930. The summed E-state index contributed by atoms with van der Waals surface area (Å²) in [5.74, 6) is 1.02. The highest BCUT2D eigenvalue weighted by atomic mass is 16.5. The van der Waals surface area contributed by atoms with Gasteiger partial charge < -0.3 is 10.1 Å². The molecule has 0 aromatic carbocycles. The Bertz CT molecular complexity index is 355. The van der Waals surface area contributed by atoms with E-state index < -0.39 is 0 Å². The Morgan fingerprint density at radius 3 is 2.89 bits per heavy atom. The van der Waals surface area contributed by atoms with Gasteiger partial charge in [0.1, 0.15) is 0 Å². The lowest BCUT2D eigenvalue weighted by atomic mass is 9.85. The Kier molecular flexibility index (Phi) is 4.72. The molecular weight excluding hydrogens is 224 g/mol. The summed E-state index contributed by atoms with van der Waals surface area (Å²) in [6, 6.07) is 6.61. The van der Waals surface area contributed by atoms with E-state index in [9.17, 15) is 0 Å². The fourth-order valence-corrected chi connectivity index (χ4v) is 2.92. The number of hydrogen-bond donors (Lipinski definition) is 1. The molecule has 3 nitrogen and oxygen atoms in total. The lowest BCUT2D eigenvalue weighted by Crippen LogP contribution is -2.41. The van der Waals surface area contributed by atoms with Crippen LogP contribution >= 0.6 is 0 Å². The van der Waals surface area contributed by atoms with Gasteiger partial charge in [0.15, 0.2) is 0 Å². The molecule has 100 valence electrons. The highest BCUT2D eigenvalue weighted by molar-refractivity contribution is 5.12. The van der Waals surface area contributed by atoms with Crippen molar-refractivity contribution in [2.24, 2.45) is 5.92 Å². The van der Waals surface area contributed by atoms with E-state index in [4.69, 9.17) is 4.74 Å². The molecule has 3 heteroatoms. The van der Waals surface area contributed by atoms with Crippen LogP contribution in [0.2, 0.25) is 0 Å². The molecule has 2 heterocycles. The van der Waals surface area contributed by atoms with Crippen LogP contribution in [0.4, 0.5) is 0 Å². The predicted molar refractivity (Wildman–Crippen MR) is 73.6 cm³/mol. The zero-order valence-electron chi connectivity index (χ0n) is 11.6. The number of rotatable bonds is 5. The Balaban J connectivity index is 2.09. The zero-order chi connectivity index (χ0) is 13.0. The second-order valence-electron chi connectivity index (χ2n) is 5.27. The number of pyridine rings is 1. The Morgan fingerprint density at radius 2 is 2.33 bits per heavy atom. The number of aromatic nitrogens is 1. The lowest BCUT2D eigenvalue weighted by Gasteiger charge is -2.29. The first kappa shape index (κ1) is 13.5. The van der Waals surface area contributed by atoms with Crippen molar-refractivity contribution >= 4 is 0 Å². The van der Waals surface area contributed by atoms with E-state index in [0.717, 1.165) is 19.6 Å². The van der Waals surface area contributed by atoms with E-state index in [0.29, 0.717) is 24.0 Å².